The number of hydrogen-bond donors (Lipinski definition) is 3. The fraction of sp³-hybridized carbons (Fsp3) is 0.462. The van der Waals surface area contributed by atoms with Gasteiger partial charge in [0.05, 0.1) is 13.7 Å². The molecule has 1 aromatic carbocycles. The average molecular weight is 268 g/mol. The molecular weight excluding hydrogens is 252 g/mol. The number of phenolic OH excluding ortho intramolecular Hbond substituents is 1. The summed E-state index contributed by atoms with van der Waals surface area (Å²) in [4.78, 5) is 11.9. The van der Waals surface area contributed by atoms with E-state index in [2.05, 4.69) is 0 Å². The largest absolute Gasteiger partial charge is 0.507 e. The second-order valence-electron chi connectivity index (χ2n) is 4.67. The van der Waals surface area contributed by atoms with Crippen molar-refractivity contribution in [3.05, 3.63) is 22.8 Å². The Bertz CT molecular complexity index is 538. The van der Waals surface area contributed by atoms with E-state index in [1.165, 1.54) is 20.1 Å². The van der Waals surface area contributed by atoms with Crippen LogP contribution >= 0.6 is 0 Å². The van der Waals surface area contributed by atoms with Crippen LogP contribution in [-0.4, -0.2) is 41.1 Å². The van der Waals surface area contributed by atoms with Crippen molar-refractivity contribution in [2.45, 2.75) is 25.6 Å². The monoisotopic (exact) mass is 268 g/mol. The Morgan fingerprint density at radius 1 is 1.53 bits per heavy atom. The summed E-state index contributed by atoms with van der Waals surface area (Å²) in [5.41, 5.74) is -0.475. The van der Waals surface area contributed by atoms with Gasteiger partial charge in [-0.1, -0.05) is 0 Å². The molecule has 1 heterocycles. The summed E-state index contributed by atoms with van der Waals surface area (Å²) in [6, 6.07) is 1.33. The number of aromatic hydroxyl groups is 1. The number of phenols is 1. The van der Waals surface area contributed by atoms with Gasteiger partial charge in [-0.3, -0.25) is 0 Å². The summed E-state index contributed by atoms with van der Waals surface area (Å²) < 4.78 is 10.3. The number of aliphatic hydroxyl groups is 2. The standard InChI is InChI=1S/C13H16O6/c1-6-8(18-3)4-7(15)10-11(6)13(2,9(16)5-14)19-12(10)17/h4,9,14-16H,5H2,1-3H3. The third-order valence-corrected chi connectivity index (χ3v) is 3.55. The van der Waals surface area contributed by atoms with E-state index in [4.69, 9.17) is 14.6 Å². The van der Waals surface area contributed by atoms with Crippen LogP contribution in [0.3, 0.4) is 0 Å². The summed E-state index contributed by atoms with van der Waals surface area (Å²) in [7, 11) is 1.44. The summed E-state index contributed by atoms with van der Waals surface area (Å²) in [6.45, 7) is 2.62. The van der Waals surface area contributed by atoms with Crippen molar-refractivity contribution >= 4 is 5.97 Å². The maximum Gasteiger partial charge on any atom is 0.343 e. The molecule has 0 bridgehead atoms. The Morgan fingerprint density at radius 3 is 2.68 bits per heavy atom. The number of methoxy groups -OCH3 is 1. The van der Waals surface area contributed by atoms with Crippen LogP contribution in [0.15, 0.2) is 6.07 Å². The lowest BCUT2D eigenvalue weighted by atomic mass is 9.85. The number of carbonyl (C=O) groups is 1. The summed E-state index contributed by atoms with van der Waals surface area (Å²) >= 11 is 0. The lowest BCUT2D eigenvalue weighted by Crippen LogP contribution is -2.39. The zero-order valence-electron chi connectivity index (χ0n) is 10.9. The van der Waals surface area contributed by atoms with Crippen LogP contribution in [0.2, 0.25) is 0 Å². The Morgan fingerprint density at radius 2 is 2.16 bits per heavy atom. The van der Waals surface area contributed by atoms with E-state index in [9.17, 15) is 15.0 Å². The quantitative estimate of drug-likeness (QED) is 0.689. The van der Waals surface area contributed by atoms with Gasteiger partial charge in [-0.2, -0.15) is 0 Å². The van der Waals surface area contributed by atoms with Crippen molar-refractivity contribution in [1.82, 2.24) is 0 Å². The maximum absolute atomic E-state index is 11.9. The molecule has 0 amide bonds. The van der Waals surface area contributed by atoms with Gasteiger partial charge in [0.2, 0.25) is 0 Å². The van der Waals surface area contributed by atoms with Gasteiger partial charge in [0.1, 0.15) is 23.2 Å². The van der Waals surface area contributed by atoms with Gasteiger partial charge in [-0.25, -0.2) is 4.79 Å². The molecule has 19 heavy (non-hydrogen) atoms. The topological polar surface area (TPSA) is 96.2 Å². The summed E-state index contributed by atoms with van der Waals surface area (Å²) in [5, 5.41) is 28.9. The predicted molar refractivity (Wildman–Crippen MR) is 65.3 cm³/mol. The number of aliphatic hydroxyl groups excluding tert-OH is 2. The number of benzene rings is 1. The van der Waals surface area contributed by atoms with Crippen LogP contribution in [0.25, 0.3) is 0 Å². The molecule has 0 aromatic heterocycles. The predicted octanol–water partition coefficient (Wildman–Crippen LogP) is 0.448. The second kappa shape index (κ2) is 4.40. The minimum Gasteiger partial charge on any atom is -0.507 e. The van der Waals surface area contributed by atoms with E-state index < -0.39 is 24.3 Å². The second-order valence-corrected chi connectivity index (χ2v) is 4.67. The van der Waals surface area contributed by atoms with Crippen molar-refractivity contribution < 1.29 is 29.6 Å². The number of cyclic esters (lactones) is 1. The molecule has 2 atom stereocenters. The molecule has 0 aliphatic carbocycles. The maximum atomic E-state index is 11.9. The van der Waals surface area contributed by atoms with E-state index >= 15 is 0 Å². The first-order chi connectivity index (χ1) is 8.86. The minimum atomic E-state index is -1.41. The summed E-state index contributed by atoms with van der Waals surface area (Å²) in [6.07, 6.45) is -1.29. The van der Waals surface area contributed by atoms with Crippen molar-refractivity contribution in [2.24, 2.45) is 0 Å². The highest BCUT2D eigenvalue weighted by molar-refractivity contribution is 5.98. The summed E-state index contributed by atoms with van der Waals surface area (Å²) in [5.74, 6) is -0.615. The Labute approximate surface area is 110 Å². The highest BCUT2D eigenvalue weighted by atomic mass is 16.6. The molecule has 1 aliphatic rings. The molecule has 104 valence electrons. The molecule has 0 radical (unpaired) electrons. The highest BCUT2D eigenvalue weighted by Gasteiger charge is 2.50. The zero-order valence-corrected chi connectivity index (χ0v) is 10.9. The fourth-order valence-corrected chi connectivity index (χ4v) is 2.49. The number of rotatable bonds is 3. The zero-order chi connectivity index (χ0) is 14.4. The molecule has 2 rings (SSSR count). The number of hydrogen-bond acceptors (Lipinski definition) is 6. The Kier molecular flexibility index (Phi) is 3.15. The van der Waals surface area contributed by atoms with Crippen LogP contribution < -0.4 is 4.74 Å². The van der Waals surface area contributed by atoms with Crippen LogP contribution in [0.4, 0.5) is 0 Å². The van der Waals surface area contributed by atoms with Crippen LogP contribution in [0, 0.1) is 6.92 Å². The molecule has 0 saturated heterocycles. The van der Waals surface area contributed by atoms with Gasteiger partial charge in [0.15, 0.2) is 5.60 Å². The number of carbonyl (C=O) groups excluding carboxylic acids is 1. The van der Waals surface area contributed by atoms with Gasteiger partial charge in [-0.05, 0) is 19.4 Å². The number of esters is 1. The van der Waals surface area contributed by atoms with Gasteiger partial charge in [0, 0.05) is 11.6 Å². The Hall–Kier alpha value is -1.79. The number of ether oxygens (including phenoxy) is 2. The molecule has 0 spiro atoms. The van der Waals surface area contributed by atoms with Gasteiger partial charge < -0.3 is 24.8 Å². The van der Waals surface area contributed by atoms with Crippen LogP contribution in [0.1, 0.15) is 28.4 Å². The lowest BCUT2D eigenvalue weighted by molar-refractivity contribution is -0.0907. The third kappa shape index (κ3) is 1.75. The lowest BCUT2D eigenvalue weighted by Gasteiger charge is -2.29. The van der Waals surface area contributed by atoms with Crippen LogP contribution in [-0.2, 0) is 10.3 Å². The van der Waals surface area contributed by atoms with Crippen molar-refractivity contribution in [2.75, 3.05) is 13.7 Å². The SMILES string of the molecule is COc1cc(O)c2c(c1C)C(C)(C(O)CO)OC2=O. The first-order valence-corrected chi connectivity index (χ1v) is 5.80. The normalized spacial score (nSPS) is 22.9. The van der Waals surface area contributed by atoms with E-state index in [0.717, 1.165) is 0 Å². The molecule has 1 aliphatic heterocycles. The van der Waals surface area contributed by atoms with Crippen molar-refractivity contribution in [3.8, 4) is 11.5 Å². The molecule has 6 heteroatoms. The number of fused-ring (bicyclic) bond motifs is 1. The average Bonchev–Trinajstić information content (AvgIpc) is 2.66. The van der Waals surface area contributed by atoms with E-state index in [1.807, 2.05) is 0 Å². The first kappa shape index (κ1) is 13.6. The fourth-order valence-electron chi connectivity index (χ4n) is 2.49. The molecule has 0 saturated carbocycles. The third-order valence-electron chi connectivity index (χ3n) is 3.55. The van der Waals surface area contributed by atoms with Crippen molar-refractivity contribution in [1.29, 1.82) is 0 Å². The van der Waals surface area contributed by atoms with Gasteiger partial charge >= 0.3 is 5.97 Å². The molecule has 1 aromatic rings. The molecule has 0 fully saturated rings. The minimum absolute atomic E-state index is 0.00769. The highest BCUT2D eigenvalue weighted by Crippen LogP contribution is 2.47. The first-order valence-electron chi connectivity index (χ1n) is 5.80. The van der Waals surface area contributed by atoms with E-state index in [0.29, 0.717) is 16.9 Å². The van der Waals surface area contributed by atoms with E-state index in [1.54, 1.807) is 6.92 Å². The smallest absolute Gasteiger partial charge is 0.343 e. The molecule has 6 nitrogen and oxygen atoms in total. The molecular formula is C13H16O6. The van der Waals surface area contributed by atoms with Crippen molar-refractivity contribution in [3.63, 3.8) is 0 Å². The van der Waals surface area contributed by atoms with Gasteiger partial charge in [0.25, 0.3) is 0 Å². The molecule has 3 N–H and O–H groups in total. The van der Waals surface area contributed by atoms with Crippen LogP contribution in [0.5, 0.6) is 11.5 Å². The van der Waals surface area contributed by atoms with E-state index in [-0.39, 0.29) is 11.3 Å². The molecule has 2 unspecified atom stereocenters. The Balaban J connectivity index is 2.75. The van der Waals surface area contributed by atoms with Gasteiger partial charge in [-0.15, -0.1) is 0 Å².